The van der Waals surface area contributed by atoms with Crippen LogP contribution in [0, 0.1) is 19.7 Å². The van der Waals surface area contributed by atoms with Gasteiger partial charge >= 0.3 is 0 Å². The Morgan fingerprint density at radius 2 is 1.97 bits per heavy atom. The third-order valence-corrected chi connectivity index (χ3v) is 4.46. The second kappa shape index (κ2) is 7.42. The minimum atomic E-state index is -0.409. The topological polar surface area (TPSA) is 98.8 Å². The normalized spacial score (nSPS) is 12.2. The van der Waals surface area contributed by atoms with Crippen LogP contribution in [0.15, 0.2) is 35.2 Å². The van der Waals surface area contributed by atoms with E-state index >= 15 is 0 Å². The molecule has 0 bridgehead atoms. The first kappa shape index (κ1) is 18.7. The molecule has 29 heavy (non-hydrogen) atoms. The van der Waals surface area contributed by atoms with Crippen LogP contribution >= 0.6 is 0 Å². The molecule has 1 N–H and O–H groups in total. The van der Waals surface area contributed by atoms with Crippen LogP contribution in [-0.4, -0.2) is 32.2 Å². The van der Waals surface area contributed by atoms with Crippen LogP contribution < -0.4 is 10.1 Å². The second-order valence-electron chi connectivity index (χ2n) is 6.68. The van der Waals surface area contributed by atoms with Crippen LogP contribution in [-0.2, 0) is 0 Å². The summed E-state index contributed by atoms with van der Waals surface area (Å²) in [7, 11) is 1.54. The minimum Gasteiger partial charge on any atom is -0.494 e. The smallest absolute Gasteiger partial charge is 0.223 e. The first-order chi connectivity index (χ1) is 14.0. The lowest BCUT2D eigenvalue weighted by Gasteiger charge is -2.15. The van der Waals surface area contributed by atoms with Crippen molar-refractivity contribution in [3.8, 4) is 17.0 Å². The molecular formula is C20H19FN6O2. The first-order valence-corrected chi connectivity index (χ1v) is 8.98. The fourth-order valence-electron chi connectivity index (χ4n) is 3.05. The highest BCUT2D eigenvalue weighted by atomic mass is 19.1. The van der Waals surface area contributed by atoms with Crippen molar-refractivity contribution < 1.29 is 13.7 Å². The number of fused-ring (bicyclic) bond motifs is 1. The molecule has 0 saturated carbocycles. The maximum absolute atomic E-state index is 14.5. The van der Waals surface area contributed by atoms with E-state index in [4.69, 9.17) is 9.26 Å². The highest BCUT2D eigenvalue weighted by molar-refractivity contribution is 5.96. The Morgan fingerprint density at radius 1 is 1.14 bits per heavy atom. The highest BCUT2D eigenvalue weighted by Gasteiger charge is 2.18. The van der Waals surface area contributed by atoms with Gasteiger partial charge in [-0.25, -0.2) is 14.4 Å². The predicted octanol–water partition coefficient (Wildman–Crippen LogP) is 4.01. The van der Waals surface area contributed by atoms with Gasteiger partial charge in [0.2, 0.25) is 5.89 Å². The van der Waals surface area contributed by atoms with Gasteiger partial charge in [-0.15, -0.1) is 0 Å². The molecule has 0 spiro atoms. The summed E-state index contributed by atoms with van der Waals surface area (Å²) in [4.78, 5) is 17.2. The van der Waals surface area contributed by atoms with Crippen molar-refractivity contribution >= 4 is 16.7 Å². The number of nitrogens with zero attached hydrogens (tertiary/aromatic N) is 5. The number of hydrogen-bond donors (Lipinski definition) is 1. The van der Waals surface area contributed by atoms with Crippen molar-refractivity contribution in [2.75, 3.05) is 12.4 Å². The maximum atomic E-state index is 14.5. The number of benzene rings is 1. The lowest BCUT2D eigenvalue weighted by atomic mass is 10.1. The van der Waals surface area contributed by atoms with Gasteiger partial charge in [-0.2, -0.15) is 4.98 Å². The molecule has 4 rings (SSSR count). The van der Waals surface area contributed by atoms with E-state index in [0.29, 0.717) is 39.7 Å². The summed E-state index contributed by atoms with van der Waals surface area (Å²) < 4.78 is 25.1. The van der Waals surface area contributed by atoms with Gasteiger partial charge in [-0.05, 0) is 37.6 Å². The highest BCUT2D eigenvalue weighted by Crippen LogP contribution is 2.35. The predicted molar refractivity (Wildman–Crippen MR) is 105 cm³/mol. The quantitative estimate of drug-likeness (QED) is 0.542. The summed E-state index contributed by atoms with van der Waals surface area (Å²) in [5.41, 5.74) is 2.13. The SMILES string of the molecule is COc1cc(-c2ncc(C)cc2F)cc2c(N[C@H](C)c3noc(C)n3)ncnc12. The van der Waals surface area contributed by atoms with Gasteiger partial charge in [0.1, 0.15) is 34.9 Å². The van der Waals surface area contributed by atoms with Gasteiger partial charge in [0, 0.05) is 24.1 Å². The molecule has 8 nitrogen and oxygen atoms in total. The number of nitrogens with one attached hydrogen (secondary N) is 1. The Kier molecular flexibility index (Phi) is 4.79. The molecule has 0 unspecified atom stereocenters. The van der Waals surface area contributed by atoms with Gasteiger partial charge in [-0.1, -0.05) is 5.16 Å². The zero-order chi connectivity index (χ0) is 20.5. The number of rotatable bonds is 5. The summed E-state index contributed by atoms with van der Waals surface area (Å²) in [5.74, 6) is 1.61. The molecule has 0 aliphatic rings. The molecule has 3 aromatic heterocycles. The average molecular weight is 394 g/mol. The first-order valence-electron chi connectivity index (χ1n) is 8.98. The van der Waals surface area contributed by atoms with Gasteiger partial charge in [-0.3, -0.25) is 4.98 Å². The van der Waals surface area contributed by atoms with E-state index in [0.717, 1.165) is 5.56 Å². The molecule has 9 heteroatoms. The van der Waals surface area contributed by atoms with Crippen molar-refractivity contribution in [2.45, 2.75) is 26.8 Å². The molecule has 0 saturated heterocycles. The molecule has 0 aliphatic heterocycles. The van der Waals surface area contributed by atoms with E-state index in [1.165, 1.54) is 19.5 Å². The molecule has 1 aromatic carbocycles. The third kappa shape index (κ3) is 3.58. The van der Waals surface area contributed by atoms with Crippen LogP contribution in [0.25, 0.3) is 22.2 Å². The summed E-state index contributed by atoms with van der Waals surface area (Å²) in [6.45, 7) is 5.40. The van der Waals surface area contributed by atoms with Crippen molar-refractivity contribution in [2.24, 2.45) is 0 Å². The number of aryl methyl sites for hydroxylation is 2. The van der Waals surface area contributed by atoms with Crippen molar-refractivity contribution in [3.05, 3.63) is 53.8 Å². The molecular weight excluding hydrogens is 375 g/mol. The van der Waals surface area contributed by atoms with Crippen LogP contribution in [0.4, 0.5) is 10.2 Å². The molecule has 0 aliphatic carbocycles. The number of pyridine rings is 1. The number of halogens is 1. The molecule has 1 atom stereocenters. The van der Waals surface area contributed by atoms with E-state index in [9.17, 15) is 4.39 Å². The zero-order valence-corrected chi connectivity index (χ0v) is 16.4. The fraction of sp³-hybridized carbons (Fsp3) is 0.250. The molecule has 148 valence electrons. The number of aromatic nitrogens is 5. The van der Waals surface area contributed by atoms with E-state index in [1.54, 1.807) is 32.2 Å². The van der Waals surface area contributed by atoms with Crippen molar-refractivity contribution in [1.82, 2.24) is 25.1 Å². The van der Waals surface area contributed by atoms with E-state index in [2.05, 4.69) is 30.4 Å². The van der Waals surface area contributed by atoms with Crippen molar-refractivity contribution in [3.63, 3.8) is 0 Å². The van der Waals surface area contributed by atoms with E-state index in [-0.39, 0.29) is 11.7 Å². The summed E-state index contributed by atoms with van der Waals surface area (Å²) in [6, 6.07) is 4.68. The van der Waals surface area contributed by atoms with E-state index < -0.39 is 5.82 Å². The lowest BCUT2D eigenvalue weighted by Crippen LogP contribution is -2.10. The molecule has 0 fully saturated rings. The maximum Gasteiger partial charge on any atom is 0.223 e. The Hall–Kier alpha value is -3.62. The number of methoxy groups -OCH3 is 1. The molecule has 4 aromatic rings. The van der Waals surface area contributed by atoms with Crippen molar-refractivity contribution in [1.29, 1.82) is 0 Å². The number of anilines is 1. The Balaban J connectivity index is 1.83. The lowest BCUT2D eigenvalue weighted by molar-refractivity contribution is 0.385. The zero-order valence-electron chi connectivity index (χ0n) is 16.4. The summed E-state index contributed by atoms with van der Waals surface area (Å²) in [5, 5.41) is 7.86. The molecule has 3 heterocycles. The summed E-state index contributed by atoms with van der Waals surface area (Å²) in [6.07, 6.45) is 3.06. The van der Waals surface area contributed by atoms with Gasteiger partial charge in [0.05, 0.1) is 13.2 Å². The molecule has 0 radical (unpaired) electrons. The monoisotopic (exact) mass is 394 g/mol. The summed E-state index contributed by atoms with van der Waals surface area (Å²) >= 11 is 0. The van der Waals surface area contributed by atoms with Gasteiger partial charge < -0.3 is 14.6 Å². The van der Waals surface area contributed by atoms with Crippen LogP contribution in [0.5, 0.6) is 5.75 Å². The Morgan fingerprint density at radius 3 is 2.66 bits per heavy atom. The number of hydrogen-bond acceptors (Lipinski definition) is 8. The third-order valence-electron chi connectivity index (χ3n) is 4.46. The van der Waals surface area contributed by atoms with Crippen LogP contribution in [0.3, 0.4) is 0 Å². The largest absolute Gasteiger partial charge is 0.494 e. The average Bonchev–Trinajstić information content (AvgIpc) is 3.14. The minimum absolute atomic E-state index is 0.229. The standard InChI is InChI=1S/C20H19FN6O2/c1-10-5-15(21)17(22-8-10)13-6-14-18(16(7-13)28-4)23-9-24-20(14)25-11(2)19-26-12(3)29-27-19/h5-9,11H,1-4H3,(H,23,24,25)/t11-/m1/s1. The van der Waals surface area contributed by atoms with Gasteiger partial charge in [0.15, 0.2) is 5.82 Å². The van der Waals surface area contributed by atoms with Gasteiger partial charge in [0.25, 0.3) is 0 Å². The van der Waals surface area contributed by atoms with Crippen LogP contribution in [0.2, 0.25) is 0 Å². The number of ether oxygens (including phenoxy) is 1. The molecule has 0 amide bonds. The Bertz CT molecular complexity index is 1190. The van der Waals surface area contributed by atoms with Crippen LogP contribution in [0.1, 0.15) is 30.2 Å². The second-order valence-corrected chi connectivity index (χ2v) is 6.68. The Labute approximate surface area is 166 Å². The fourth-order valence-corrected chi connectivity index (χ4v) is 3.05. The van der Waals surface area contributed by atoms with E-state index in [1.807, 2.05) is 6.92 Å².